The molecular formula is C21H20F3N3O3S. The first-order valence-electron chi connectivity index (χ1n) is 9.27. The van der Waals surface area contributed by atoms with Crippen LogP contribution < -0.4 is 9.64 Å². The van der Waals surface area contributed by atoms with E-state index in [2.05, 4.69) is 9.72 Å². The van der Waals surface area contributed by atoms with Gasteiger partial charge in [-0.1, -0.05) is 23.5 Å². The Morgan fingerprint density at radius 2 is 1.68 bits per heavy atom. The lowest BCUT2D eigenvalue weighted by Gasteiger charge is -2.22. The van der Waals surface area contributed by atoms with Gasteiger partial charge in [-0.25, -0.2) is 4.98 Å². The molecule has 0 saturated carbocycles. The molecule has 0 aliphatic rings. The first-order chi connectivity index (χ1) is 14.5. The summed E-state index contributed by atoms with van der Waals surface area (Å²) in [5.41, 5.74) is 1.33. The van der Waals surface area contributed by atoms with Crippen molar-refractivity contribution in [1.82, 2.24) is 9.88 Å². The highest BCUT2D eigenvalue weighted by molar-refractivity contribution is 7.22. The van der Waals surface area contributed by atoms with Crippen LogP contribution in [0, 0.1) is 0 Å². The molecule has 2 aromatic carbocycles. The van der Waals surface area contributed by atoms with Crippen molar-refractivity contribution in [3.8, 4) is 5.75 Å². The van der Waals surface area contributed by atoms with E-state index in [-0.39, 0.29) is 17.4 Å². The lowest BCUT2D eigenvalue weighted by Crippen LogP contribution is -2.36. The fraction of sp³-hybridized carbons (Fsp3) is 0.286. The van der Waals surface area contributed by atoms with Crippen LogP contribution in [0.3, 0.4) is 0 Å². The number of anilines is 1. The summed E-state index contributed by atoms with van der Waals surface area (Å²) in [5, 5.41) is 0.363. The van der Waals surface area contributed by atoms with Gasteiger partial charge in [0.05, 0.1) is 10.2 Å². The quantitative estimate of drug-likeness (QED) is 0.491. The molecule has 0 aliphatic carbocycles. The highest BCUT2D eigenvalue weighted by atomic mass is 32.1. The second-order valence-electron chi connectivity index (χ2n) is 7.07. The minimum absolute atomic E-state index is 0.105. The van der Waals surface area contributed by atoms with Crippen molar-refractivity contribution in [2.75, 3.05) is 32.1 Å². The maximum atomic E-state index is 13.2. The van der Waals surface area contributed by atoms with Crippen LogP contribution in [0.1, 0.15) is 27.6 Å². The maximum absolute atomic E-state index is 13.2. The molecule has 0 bridgehead atoms. The van der Waals surface area contributed by atoms with E-state index in [0.717, 1.165) is 11.3 Å². The summed E-state index contributed by atoms with van der Waals surface area (Å²) < 4.78 is 42.0. The Morgan fingerprint density at radius 1 is 1.03 bits per heavy atom. The van der Waals surface area contributed by atoms with Crippen molar-refractivity contribution < 1.29 is 27.5 Å². The Morgan fingerprint density at radius 3 is 2.26 bits per heavy atom. The van der Waals surface area contributed by atoms with E-state index in [1.807, 2.05) is 19.0 Å². The minimum Gasteiger partial charge on any atom is -0.406 e. The number of rotatable bonds is 7. The van der Waals surface area contributed by atoms with Gasteiger partial charge in [0.1, 0.15) is 5.75 Å². The zero-order valence-electron chi connectivity index (χ0n) is 17.1. The summed E-state index contributed by atoms with van der Waals surface area (Å²) >= 11 is 1.10. The Kier molecular flexibility index (Phi) is 6.61. The van der Waals surface area contributed by atoms with Gasteiger partial charge in [0, 0.05) is 30.3 Å². The smallest absolute Gasteiger partial charge is 0.406 e. The number of amides is 1. The predicted molar refractivity (Wildman–Crippen MR) is 113 cm³/mol. The molecule has 0 N–H and O–H groups in total. The van der Waals surface area contributed by atoms with Crippen LogP contribution in [0.2, 0.25) is 0 Å². The molecule has 10 heteroatoms. The standard InChI is InChI=1S/C21H20F3N3O3S/c1-13(28)14-4-6-15(7-5-14)19(29)27(11-10-26(2)3)20-25-17-9-8-16(12-18(17)31-20)30-21(22,23)24/h4-9,12H,10-11H2,1-3H3. The van der Waals surface area contributed by atoms with Gasteiger partial charge >= 0.3 is 6.36 Å². The van der Waals surface area contributed by atoms with E-state index >= 15 is 0 Å². The van der Waals surface area contributed by atoms with Gasteiger partial charge in [-0.15, -0.1) is 13.2 Å². The molecule has 0 unspecified atom stereocenters. The summed E-state index contributed by atoms with van der Waals surface area (Å²) in [5.74, 6) is -0.768. The van der Waals surface area contributed by atoms with Crippen molar-refractivity contribution in [2.45, 2.75) is 13.3 Å². The molecule has 6 nitrogen and oxygen atoms in total. The number of nitrogens with zero attached hydrogens (tertiary/aromatic N) is 3. The molecule has 0 fully saturated rings. The van der Waals surface area contributed by atoms with Crippen LogP contribution in [0.5, 0.6) is 5.75 Å². The number of hydrogen-bond acceptors (Lipinski definition) is 6. The van der Waals surface area contributed by atoms with Crippen molar-refractivity contribution in [2.24, 2.45) is 0 Å². The van der Waals surface area contributed by atoms with Gasteiger partial charge in [0.2, 0.25) is 0 Å². The van der Waals surface area contributed by atoms with Gasteiger partial charge in [-0.2, -0.15) is 0 Å². The van der Waals surface area contributed by atoms with Gasteiger partial charge in [-0.05, 0) is 45.3 Å². The molecule has 0 saturated heterocycles. The van der Waals surface area contributed by atoms with E-state index in [9.17, 15) is 22.8 Å². The van der Waals surface area contributed by atoms with Crippen molar-refractivity contribution in [1.29, 1.82) is 0 Å². The number of fused-ring (bicyclic) bond motifs is 1. The van der Waals surface area contributed by atoms with E-state index in [1.54, 1.807) is 24.3 Å². The van der Waals surface area contributed by atoms with Crippen molar-refractivity contribution in [3.05, 3.63) is 53.6 Å². The van der Waals surface area contributed by atoms with Gasteiger partial charge in [-0.3, -0.25) is 14.5 Å². The zero-order valence-corrected chi connectivity index (χ0v) is 17.9. The number of ether oxygens (including phenoxy) is 1. The van der Waals surface area contributed by atoms with Crippen LogP contribution in [-0.2, 0) is 0 Å². The van der Waals surface area contributed by atoms with Crippen LogP contribution in [0.4, 0.5) is 18.3 Å². The third kappa shape index (κ3) is 5.80. The zero-order chi connectivity index (χ0) is 22.8. The number of carbonyl (C=O) groups excluding carboxylic acids is 2. The normalized spacial score (nSPS) is 11.7. The van der Waals surface area contributed by atoms with Crippen molar-refractivity contribution >= 4 is 38.4 Å². The van der Waals surface area contributed by atoms with Crippen LogP contribution >= 0.6 is 11.3 Å². The summed E-state index contributed by atoms with van der Waals surface area (Å²) in [4.78, 5) is 32.5. The summed E-state index contributed by atoms with van der Waals surface area (Å²) in [6.45, 7) is 2.32. The fourth-order valence-corrected chi connectivity index (χ4v) is 3.81. The number of halogens is 3. The Bertz CT molecular complexity index is 1090. The number of benzene rings is 2. The predicted octanol–water partition coefficient (Wildman–Crippen LogP) is 4.61. The van der Waals surface area contributed by atoms with Gasteiger partial charge in [0.15, 0.2) is 10.9 Å². The molecule has 3 rings (SSSR count). The topological polar surface area (TPSA) is 62.7 Å². The summed E-state index contributed by atoms with van der Waals surface area (Å²) in [6.07, 6.45) is -4.79. The molecule has 0 atom stereocenters. The number of thiazole rings is 1. The average Bonchev–Trinajstić information content (AvgIpc) is 3.09. The second kappa shape index (κ2) is 9.03. The lowest BCUT2D eigenvalue weighted by atomic mass is 10.1. The average molecular weight is 451 g/mol. The number of likely N-dealkylation sites (N-methyl/N-ethyl adjacent to an activating group) is 1. The molecule has 0 spiro atoms. The molecule has 1 amide bonds. The third-order valence-electron chi connectivity index (χ3n) is 4.37. The number of carbonyl (C=O) groups is 2. The molecule has 1 aromatic heterocycles. The van der Waals surface area contributed by atoms with Crippen LogP contribution in [-0.4, -0.2) is 55.1 Å². The monoisotopic (exact) mass is 451 g/mol. The third-order valence-corrected chi connectivity index (χ3v) is 5.41. The molecule has 0 aliphatic heterocycles. The fourth-order valence-electron chi connectivity index (χ4n) is 2.79. The van der Waals surface area contributed by atoms with E-state index in [4.69, 9.17) is 0 Å². The Labute approximate surface area is 180 Å². The molecule has 164 valence electrons. The minimum atomic E-state index is -4.79. The van der Waals surface area contributed by atoms with Gasteiger partial charge < -0.3 is 9.64 Å². The highest BCUT2D eigenvalue weighted by Crippen LogP contribution is 2.33. The Balaban J connectivity index is 1.94. The SMILES string of the molecule is CC(=O)c1ccc(C(=O)N(CCN(C)C)c2nc3ccc(OC(F)(F)F)cc3s2)cc1. The summed E-state index contributed by atoms with van der Waals surface area (Å²) in [6, 6.07) is 10.2. The molecule has 1 heterocycles. The molecule has 31 heavy (non-hydrogen) atoms. The number of hydrogen-bond donors (Lipinski definition) is 0. The van der Waals surface area contributed by atoms with Crippen LogP contribution in [0.15, 0.2) is 42.5 Å². The van der Waals surface area contributed by atoms with E-state index in [1.165, 1.54) is 30.0 Å². The first-order valence-corrected chi connectivity index (χ1v) is 10.1. The maximum Gasteiger partial charge on any atom is 0.573 e. The first kappa shape index (κ1) is 22.7. The van der Waals surface area contributed by atoms with Crippen molar-refractivity contribution in [3.63, 3.8) is 0 Å². The molecule has 0 radical (unpaired) electrons. The molecule has 3 aromatic rings. The van der Waals surface area contributed by atoms with E-state index < -0.39 is 6.36 Å². The molecular weight excluding hydrogens is 431 g/mol. The Hall–Kier alpha value is -2.98. The number of alkyl halides is 3. The van der Waals surface area contributed by atoms with E-state index in [0.29, 0.717) is 39.6 Å². The van der Waals surface area contributed by atoms with Gasteiger partial charge in [0.25, 0.3) is 5.91 Å². The summed E-state index contributed by atoms with van der Waals surface area (Å²) in [7, 11) is 3.73. The van der Waals surface area contributed by atoms with Crippen LogP contribution in [0.25, 0.3) is 10.2 Å². The number of Topliss-reactive ketones (excluding diaryl/α,β-unsaturated/α-hetero) is 1. The second-order valence-corrected chi connectivity index (χ2v) is 8.08. The lowest BCUT2D eigenvalue weighted by molar-refractivity contribution is -0.274. The largest absolute Gasteiger partial charge is 0.573 e. The number of aromatic nitrogens is 1. The number of ketones is 1. The highest BCUT2D eigenvalue weighted by Gasteiger charge is 2.31.